The normalized spacial score (nSPS) is 12.1. The Morgan fingerprint density at radius 2 is 1.89 bits per heavy atom. The molecule has 4 heteroatoms. The highest BCUT2D eigenvalue weighted by Crippen LogP contribution is 2.19. The lowest BCUT2D eigenvalue weighted by atomic mass is 9.98. The summed E-state index contributed by atoms with van der Waals surface area (Å²) in [6.45, 7) is 3.05. The fraction of sp³-hybridized carbons (Fsp3) is 0.286. The number of hydrogen-bond donors (Lipinski definition) is 1. The zero-order valence-corrected chi connectivity index (χ0v) is 11.1. The Kier molecular flexibility index (Phi) is 4.53. The van der Waals surface area contributed by atoms with Crippen molar-refractivity contribution < 1.29 is 0 Å². The van der Waals surface area contributed by atoms with Crippen molar-refractivity contribution in [2.45, 2.75) is 19.3 Å². The SMILES string of the molecule is CC(CCNc1nccnc1Cl)c1ccccc1. The van der Waals surface area contributed by atoms with Gasteiger partial charge in [0, 0.05) is 18.9 Å². The Bertz CT molecular complexity index is 487. The van der Waals surface area contributed by atoms with Gasteiger partial charge < -0.3 is 5.32 Å². The molecule has 1 aromatic carbocycles. The predicted octanol–water partition coefficient (Wildman–Crippen LogP) is 3.74. The molecule has 0 saturated carbocycles. The van der Waals surface area contributed by atoms with Crippen LogP contribution in [0.5, 0.6) is 0 Å². The summed E-state index contributed by atoms with van der Waals surface area (Å²) in [6.07, 6.45) is 4.24. The number of rotatable bonds is 5. The third-order valence-corrected chi connectivity index (χ3v) is 3.17. The van der Waals surface area contributed by atoms with Crippen LogP contribution < -0.4 is 5.32 Å². The van der Waals surface area contributed by atoms with Gasteiger partial charge in [-0.15, -0.1) is 0 Å². The highest BCUT2D eigenvalue weighted by Gasteiger charge is 2.06. The molecular formula is C14H16ClN3. The van der Waals surface area contributed by atoms with E-state index in [2.05, 4.69) is 46.5 Å². The number of nitrogens with zero attached hydrogens (tertiary/aromatic N) is 2. The Morgan fingerprint density at radius 1 is 1.17 bits per heavy atom. The van der Waals surface area contributed by atoms with Crippen LogP contribution in [0, 0.1) is 0 Å². The first-order valence-corrected chi connectivity index (χ1v) is 6.40. The lowest BCUT2D eigenvalue weighted by Crippen LogP contribution is -2.07. The molecule has 0 saturated heterocycles. The lowest BCUT2D eigenvalue weighted by Gasteiger charge is -2.12. The molecule has 0 spiro atoms. The van der Waals surface area contributed by atoms with Gasteiger partial charge in [0.2, 0.25) is 0 Å². The predicted molar refractivity (Wildman–Crippen MR) is 75.0 cm³/mol. The lowest BCUT2D eigenvalue weighted by molar-refractivity contribution is 0.704. The largest absolute Gasteiger partial charge is 0.367 e. The van der Waals surface area contributed by atoms with E-state index in [1.165, 1.54) is 5.56 Å². The molecule has 0 bridgehead atoms. The topological polar surface area (TPSA) is 37.8 Å². The summed E-state index contributed by atoms with van der Waals surface area (Å²) in [5.74, 6) is 1.16. The molecule has 3 nitrogen and oxygen atoms in total. The first-order valence-electron chi connectivity index (χ1n) is 6.02. The van der Waals surface area contributed by atoms with E-state index in [9.17, 15) is 0 Å². The Hall–Kier alpha value is -1.61. The van der Waals surface area contributed by atoms with Gasteiger partial charge in [0.25, 0.3) is 0 Å². The third kappa shape index (κ3) is 3.44. The van der Waals surface area contributed by atoms with Gasteiger partial charge in [0.15, 0.2) is 11.0 Å². The molecule has 0 fully saturated rings. The minimum atomic E-state index is 0.421. The van der Waals surface area contributed by atoms with Gasteiger partial charge in [-0.25, -0.2) is 9.97 Å². The van der Waals surface area contributed by atoms with Gasteiger partial charge in [0.1, 0.15) is 0 Å². The average Bonchev–Trinajstić information content (AvgIpc) is 2.42. The molecule has 1 aromatic heterocycles. The molecule has 0 radical (unpaired) electrons. The maximum Gasteiger partial charge on any atom is 0.171 e. The molecule has 0 aliphatic carbocycles. The van der Waals surface area contributed by atoms with Crippen molar-refractivity contribution >= 4 is 17.4 Å². The first-order chi connectivity index (χ1) is 8.77. The minimum absolute atomic E-state index is 0.421. The van der Waals surface area contributed by atoms with Crippen LogP contribution in [0.4, 0.5) is 5.82 Å². The van der Waals surface area contributed by atoms with E-state index in [4.69, 9.17) is 11.6 Å². The molecule has 0 aliphatic rings. The summed E-state index contributed by atoms with van der Waals surface area (Å²) in [4.78, 5) is 8.12. The van der Waals surface area contributed by atoms with E-state index < -0.39 is 0 Å². The zero-order valence-electron chi connectivity index (χ0n) is 10.3. The monoisotopic (exact) mass is 261 g/mol. The molecule has 1 heterocycles. The summed E-state index contributed by atoms with van der Waals surface area (Å²) in [5.41, 5.74) is 1.35. The van der Waals surface area contributed by atoms with Crippen LogP contribution in [0.3, 0.4) is 0 Å². The van der Waals surface area contributed by atoms with Gasteiger partial charge in [-0.05, 0) is 17.9 Å². The van der Waals surface area contributed by atoms with Gasteiger partial charge in [0.05, 0.1) is 0 Å². The minimum Gasteiger partial charge on any atom is -0.367 e. The molecule has 18 heavy (non-hydrogen) atoms. The van der Waals surface area contributed by atoms with Gasteiger partial charge in [-0.1, -0.05) is 48.9 Å². The molecule has 1 atom stereocenters. The van der Waals surface area contributed by atoms with Crippen LogP contribution in [-0.2, 0) is 0 Å². The van der Waals surface area contributed by atoms with Crippen LogP contribution >= 0.6 is 11.6 Å². The highest BCUT2D eigenvalue weighted by molar-refractivity contribution is 6.31. The molecule has 1 N–H and O–H groups in total. The van der Waals surface area contributed by atoms with Gasteiger partial charge >= 0.3 is 0 Å². The molecule has 2 rings (SSSR count). The zero-order chi connectivity index (χ0) is 12.8. The Labute approximate surface area is 112 Å². The van der Waals surface area contributed by atoms with E-state index in [-0.39, 0.29) is 0 Å². The molecule has 2 aromatic rings. The maximum absolute atomic E-state index is 5.92. The van der Waals surface area contributed by atoms with Crippen LogP contribution in [0.1, 0.15) is 24.8 Å². The second-order valence-electron chi connectivity index (χ2n) is 4.22. The van der Waals surface area contributed by atoms with Crippen molar-refractivity contribution in [2.75, 3.05) is 11.9 Å². The van der Waals surface area contributed by atoms with Gasteiger partial charge in [-0.2, -0.15) is 0 Å². The smallest absolute Gasteiger partial charge is 0.171 e. The van der Waals surface area contributed by atoms with E-state index >= 15 is 0 Å². The molecule has 1 unspecified atom stereocenters. The molecule has 0 aliphatic heterocycles. The number of halogens is 1. The van der Waals surface area contributed by atoms with Crippen LogP contribution in [0.15, 0.2) is 42.7 Å². The summed E-state index contributed by atoms with van der Waals surface area (Å²) in [7, 11) is 0. The van der Waals surface area contributed by atoms with Crippen molar-refractivity contribution in [1.82, 2.24) is 9.97 Å². The van der Waals surface area contributed by atoms with E-state index in [1.807, 2.05) is 6.07 Å². The molecule has 94 valence electrons. The second-order valence-corrected chi connectivity index (χ2v) is 4.58. The number of benzene rings is 1. The van der Waals surface area contributed by atoms with Crippen molar-refractivity contribution in [3.63, 3.8) is 0 Å². The quantitative estimate of drug-likeness (QED) is 0.891. The van der Waals surface area contributed by atoms with E-state index in [0.717, 1.165) is 13.0 Å². The standard InChI is InChI=1S/C14H16ClN3/c1-11(12-5-3-2-4-6-12)7-8-17-14-13(15)16-9-10-18-14/h2-6,9-11H,7-8H2,1H3,(H,17,18). The fourth-order valence-corrected chi connectivity index (χ4v) is 1.97. The number of nitrogens with one attached hydrogen (secondary N) is 1. The van der Waals surface area contributed by atoms with E-state index in [0.29, 0.717) is 16.9 Å². The third-order valence-electron chi connectivity index (χ3n) is 2.89. The van der Waals surface area contributed by atoms with Crippen molar-refractivity contribution in [3.8, 4) is 0 Å². The summed E-state index contributed by atoms with van der Waals surface area (Å²) < 4.78 is 0. The molecular weight excluding hydrogens is 246 g/mol. The van der Waals surface area contributed by atoms with Crippen molar-refractivity contribution in [1.29, 1.82) is 0 Å². The highest BCUT2D eigenvalue weighted by atomic mass is 35.5. The summed E-state index contributed by atoms with van der Waals surface area (Å²) in [6, 6.07) is 10.5. The molecule has 0 amide bonds. The first kappa shape index (κ1) is 12.8. The van der Waals surface area contributed by atoms with Crippen LogP contribution in [0.25, 0.3) is 0 Å². The van der Waals surface area contributed by atoms with Crippen molar-refractivity contribution in [3.05, 3.63) is 53.4 Å². The van der Waals surface area contributed by atoms with Crippen LogP contribution in [-0.4, -0.2) is 16.5 Å². The maximum atomic E-state index is 5.92. The van der Waals surface area contributed by atoms with Crippen molar-refractivity contribution in [2.24, 2.45) is 0 Å². The average molecular weight is 262 g/mol. The summed E-state index contributed by atoms with van der Waals surface area (Å²) in [5, 5.41) is 3.63. The van der Waals surface area contributed by atoms with E-state index in [1.54, 1.807) is 12.4 Å². The summed E-state index contributed by atoms with van der Waals surface area (Å²) >= 11 is 5.92. The fourth-order valence-electron chi connectivity index (χ4n) is 1.79. The number of anilines is 1. The van der Waals surface area contributed by atoms with Crippen LogP contribution in [0.2, 0.25) is 5.15 Å². The number of hydrogen-bond acceptors (Lipinski definition) is 3. The Balaban J connectivity index is 1.84. The Morgan fingerprint density at radius 3 is 2.61 bits per heavy atom. The second kappa shape index (κ2) is 6.36. The number of aromatic nitrogens is 2. The van der Waals surface area contributed by atoms with Gasteiger partial charge in [-0.3, -0.25) is 0 Å².